The van der Waals surface area contributed by atoms with Crippen LogP contribution in [-0.2, 0) is 0 Å². The molecule has 1 saturated heterocycles. The zero-order chi connectivity index (χ0) is 14.9. The van der Waals surface area contributed by atoms with Gasteiger partial charge in [-0.15, -0.1) is 24.8 Å². The molecule has 1 aliphatic heterocycles. The van der Waals surface area contributed by atoms with E-state index in [1.807, 2.05) is 12.1 Å². The summed E-state index contributed by atoms with van der Waals surface area (Å²) in [5.41, 5.74) is 1.15. The highest BCUT2D eigenvalue weighted by Gasteiger charge is 2.32. The summed E-state index contributed by atoms with van der Waals surface area (Å²) in [6.45, 7) is 4.24. The highest BCUT2D eigenvalue weighted by Crippen LogP contribution is 2.44. The summed E-state index contributed by atoms with van der Waals surface area (Å²) in [4.78, 5) is 2.57. The molecule has 1 saturated carbocycles. The van der Waals surface area contributed by atoms with Crippen molar-refractivity contribution in [1.29, 1.82) is 0 Å². The van der Waals surface area contributed by atoms with Gasteiger partial charge in [0.1, 0.15) is 5.75 Å². The van der Waals surface area contributed by atoms with Gasteiger partial charge in [-0.25, -0.2) is 0 Å². The van der Waals surface area contributed by atoms with Gasteiger partial charge in [-0.1, -0.05) is 43.2 Å². The molecule has 2 aliphatic rings. The van der Waals surface area contributed by atoms with Crippen LogP contribution in [0.25, 0.3) is 10.8 Å². The van der Waals surface area contributed by atoms with Crippen molar-refractivity contribution >= 4 is 35.6 Å². The van der Waals surface area contributed by atoms with Crippen molar-refractivity contribution in [3.8, 4) is 5.75 Å². The maximum absolute atomic E-state index is 10.6. The number of rotatable bonds is 4. The Bertz CT molecular complexity index is 669. The van der Waals surface area contributed by atoms with Crippen LogP contribution in [0.2, 0.25) is 0 Å². The number of phenolic OH excluding ortho intramolecular Hbond substituents is 1. The van der Waals surface area contributed by atoms with Gasteiger partial charge in [0.05, 0.1) is 0 Å². The lowest BCUT2D eigenvalue weighted by Crippen LogP contribution is -2.45. The number of hydrogen-bond acceptors (Lipinski definition) is 3. The van der Waals surface area contributed by atoms with Crippen LogP contribution in [0.1, 0.15) is 30.9 Å². The third-order valence-corrected chi connectivity index (χ3v) is 5.13. The molecule has 3 nitrogen and oxygen atoms in total. The van der Waals surface area contributed by atoms with E-state index in [9.17, 15) is 5.11 Å². The summed E-state index contributed by atoms with van der Waals surface area (Å²) in [5, 5.41) is 16.5. The third kappa shape index (κ3) is 3.97. The van der Waals surface area contributed by atoms with E-state index in [1.54, 1.807) is 0 Å². The van der Waals surface area contributed by atoms with E-state index >= 15 is 0 Å². The van der Waals surface area contributed by atoms with Gasteiger partial charge in [-0.05, 0) is 29.2 Å². The molecule has 0 unspecified atom stereocenters. The van der Waals surface area contributed by atoms with E-state index in [0.717, 1.165) is 37.7 Å². The van der Waals surface area contributed by atoms with Crippen LogP contribution in [-0.4, -0.2) is 36.2 Å². The van der Waals surface area contributed by atoms with Crippen molar-refractivity contribution in [2.24, 2.45) is 5.92 Å². The van der Waals surface area contributed by atoms with Gasteiger partial charge in [0, 0.05) is 37.8 Å². The number of nitrogens with zero attached hydrogens (tertiary/aromatic N) is 1. The first-order chi connectivity index (χ1) is 10.8. The molecule has 2 N–H and O–H groups in total. The molecule has 2 aromatic rings. The molecule has 24 heavy (non-hydrogen) atoms. The van der Waals surface area contributed by atoms with Crippen LogP contribution in [0.4, 0.5) is 0 Å². The Balaban J connectivity index is 0.00000104. The molecule has 1 atom stereocenters. The molecule has 2 fully saturated rings. The number of hydrogen-bond donors (Lipinski definition) is 2. The molecular weight excluding hydrogens is 343 g/mol. The minimum absolute atomic E-state index is 0. The molecular formula is C19H26Cl2N2O. The smallest absolute Gasteiger partial charge is 0.121 e. The second-order valence-electron chi connectivity index (χ2n) is 6.70. The average Bonchev–Trinajstić information content (AvgIpc) is 3.38. The summed E-state index contributed by atoms with van der Waals surface area (Å²) >= 11 is 0. The monoisotopic (exact) mass is 368 g/mol. The fraction of sp³-hybridized carbons (Fsp3) is 0.474. The van der Waals surface area contributed by atoms with Crippen molar-refractivity contribution < 1.29 is 5.11 Å². The summed E-state index contributed by atoms with van der Waals surface area (Å²) in [6, 6.07) is 12.7. The largest absolute Gasteiger partial charge is 0.508 e. The van der Waals surface area contributed by atoms with Gasteiger partial charge in [0.2, 0.25) is 0 Å². The van der Waals surface area contributed by atoms with Crippen LogP contribution in [0.3, 0.4) is 0 Å². The van der Waals surface area contributed by atoms with E-state index in [1.165, 1.54) is 30.0 Å². The zero-order valence-electron chi connectivity index (χ0n) is 13.8. The van der Waals surface area contributed by atoms with Crippen molar-refractivity contribution in [3.63, 3.8) is 0 Å². The van der Waals surface area contributed by atoms with E-state index in [2.05, 4.69) is 34.5 Å². The number of aromatic hydroxyl groups is 1. The molecule has 0 radical (unpaired) electrons. The number of piperazine rings is 1. The van der Waals surface area contributed by atoms with Crippen LogP contribution >= 0.6 is 24.8 Å². The normalized spacial score (nSPS) is 19.3. The van der Waals surface area contributed by atoms with Crippen LogP contribution in [0.5, 0.6) is 5.75 Å². The standard InChI is InChI=1S/C19H24N2O.2ClH/c22-18-8-7-15-3-1-2-4-16(15)19(18)17(13-14-5-6-14)21-11-9-20-10-12-21;;/h1-4,7-8,14,17,20,22H,5-6,9-13H2;2*1H/t17-;;/m0../s1. The Morgan fingerprint density at radius 3 is 2.46 bits per heavy atom. The van der Waals surface area contributed by atoms with Crippen LogP contribution < -0.4 is 5.32 Å². The number of benzene rings is 2. The van der Waals surface area contributed by atoms with Crippen molar-refractivity contribution in [2.45, 2.75) is 25.3 Å². The Kier molecular flexibility index (Phi) is 6.76. The molecule has 0 bridgehead atoms. The van der Waals surface area contributed by atoms with Gasteiger partial charge in [-0.3, -0.25) is 4.90 Å². The van der Waals surface area contributed by atoms with Crippen molar-refractivity contribution in [2.75, 3.05) is 26.2 Å². The first-order valence-electron chi connectivity index (χ1n) is 8.48. The summed E-state index contributed by atoms with van der Waals surface area (Å²) in [5.74, 6) is 1.31. The van der Waals surface area contributed by atoms with Gasteiger partial charge in [0.15, 0.2) is 0 Å². The Morgan fingerprint density at radius 2 is 1.75 bits per heavy atom. The van der Waals surface area contributed by atoms with Crippen molar-refractivity contribution in [1.82, 2.24) is 10.2 Å². The lowest BCUT2D eigenvalue weighted by atomic mass is 9.92. The summed E-state index contributed by atoms with van der Waals surface area (Å²) in [7, 11) is 0. The molecule has 1 aliphatic carbocycles. The van der Waals surface area contributed by atoms with Gasteiger partial charge in [0.25, 0.3) is 0 Å². The Hall–Kier alpha value is -1.00. The van der Waals surface area contributed by atoms with E-state index in [4.69, 9.17) is 0 Å². The predicted molar refractivity (Wildman–Crippen MR) is 105 cm³/mol. The summed E-state index contributed by atoms with van der Waals surface area (Å²) < 4.78 is 0. The second-order valence-corrected chi connectivity index (χ2v) is 6.70. The van der Waals surface area contributed by atoms with Crippen LogP contribution in [0.15, 0.2) is 36.4 Å². The number of phenols is 1. The van der Waals surface area contributed by atoms with Gasteiger partial charge < -0.3 is 10.4 Å². The lowest BCUT2D eigenvalue weighted by molar-refractivity contribution is 0.159. The molecule has 4 rings (SSSR count). The number of nitrogens with one attached hydrogen (secondary N) is 1. The highest BCUT2D eigenvalue weighted by atomic mass is 35.5. The molecule has 2 aromatic carbocycles. The molecule has 0 spiro atoms. The van der Waals surface area contributed by atoms with Gasteiger partial charge in [-0.2, -0.15) is 0 Å². The van der Waals surface area contributed by atoms with Gasteiger partial charge >= 0.3 is 0 Å². The Morgan fingerprint density at radius 1 is 1.04 bits per heavy atom. The second kappa shape index (κ2) is 8.39. The number of halogens is 2. The van der Waals surface area contributed by atoms with E-state index < -0.39 is 0 Å². The highest BCUT2D eigenvalue weighted by molar-refractivity contribution is 5.88. The predicted octanol–water partition coefficient (Wildman–Crippen LogP) is 4.14. The fourth-order valence-electron chi connectivity index (χ4n) is 3.75. The summed E-state index contributed by atoms with van der Waals surface area (Å²) in [6.07, 6.45) is 3.89. The number of fused-ring (bicyclic) bond motifs is 1. The Labute approximate surface area is 156 Å². The fourth-order valence-corrected chi connectivity index (χ4v) is 3.75. The molecule has 132 valence electrons. The van der Waals surface area contributed by atoms with Crippen LogP contribution in [0, 0.1) is 5.92 Å². The molecule has 0 aromatic heterocycles. The minimum atomic E-state index is 0. The first-order valence-corrected chi connectivity index (χ1v) is 8.48. The van der Waals surface area contributed by atoms with E-state index in [-0.39, 0.29) is 24.8 Å². The zero-order valence-corrected chi connectivity index (χ0v) is 15.4. The average molecular weight is 369 g/mol. The topological polar surface area (TPSA) is 35.5 Å². The van der Waals surface area contributed by atoms with Crippen molar-refractivity contribution in [3.05, 3.63) is 42.0 Å². The first kappa shape index (κ1) is 19.3. The molecule has 5 heteroatoms. The lowest BCUT2D eigenvalue weighted by Gasteiger charge is -2.36. The van der Waals surface area contributed by atoms with E-state index in [0.29, 0.717) is 11.8 Å². The maximum Gasteiger partial charge on any atom is 0.121 e. The molecule has 0 amide bonds. The molecule has 1 heterocycles. The quantitative estimate of drug-likeness (QED) is 0.851. The SMILES string of the molecule is Cl.Cl.Oc1ccc2ccccc2c1[C@H](CC1CC1)N1CCNCC1. The third-order valence-electron chi connectivity index (χ3n) is 5.13. The maximum atomic E-state index is 10.6. The minimum Gasteiger partial charge on any atom is -0.508 e.